The van der Waals surface area contributed by atoms with E-state index in [1.807, 2.05) is 0 Å². The number of rotatable bonds is 4. The van der Waals surface area contributed by atoms with Crippen molar-refractivity contribution in [2.45, 2.75) is 57.4 Å². The molecule has 0 heterocycles. The van der Waals surface area contributed by atoms with Crippen LogP contribution in [0.15, 0.2) is 30.3 Å². The fourth-order valence-corrected chi connectivity index (χ4v) is 6.50. The van der Waals surface area contributed by atoms with Gasteiger partial charge in [-0.2, -0.15) is 0 Å². The van der Waals surface area contributed by atoms with Crippen LogP contribution >= 0.6 is 0 Å². The summed E-state index contributed by atoms with van der Waals surface area (Å²) in [6.45, 7) is 2.38. The molecular formula is C20H29N. The Morgan fingerprint density at radius 2 is 1.76 bits per heavy atom. The Labute approximate surface area is 129 Å². The molecule has 0 aliphatic heterocycles. The second-order valence-corrected chi connectivity index (χ2v) is 8.25. The van der Waals surface area contributed by atoms with Gasteiger partial charge in [-0.25, -0.2) is 0 Å². The average molecular weight is 283 g/mol. The van der Waals surface area contributed by atoms with Crippen molar-refractivity contribution in [2.24, 2.45) is 23.2 Å². The van der Waals surface area contributed by atoms with Crippen molar-refractivity contribution >= 4 is 0 Å². The maximum atomic E-state index is 3.51. The number of hydrogen-bond acceptors (Lipinski definition) is 1. The minimum Gasteiger partial charge on any atom is -0.317 e. The van der Waals surface area contributed by atoms with Crippen LogP contribution in [0.4, 0.5) is 0 Å². The van der Waals surface area contributed by atoms with E-state index in [4.69, 9.17) is 0 Å². The summed E-state index contributed by atoms with van der Waals surface area (Å²) in [4.78, 5) is 0. The average Bonchev–Trinajstić information content (AvgIpc) is 2.46. The molecule has 1 N–H and O–H groups in total. The predicted octanol–water partition coefficient (Wildman–Crippen LogP) is 4.59. The molecule has 4 aliphatic carbocycles. The summed E-state index contributed by atoms with van der Waals surface area (Å²) in [5.74, 6) is 3.85. The van der Waals surface area contributed by atoms with Gasteiger partial charge in [0.2, 0.25) is 0 Å². The van der Waals surface area contributed by atoms with Crippen LogP contribution in [0, 0.1) is 23.2 Å². The standard InChI is InChI=1S/C20H29N/c1-14(21-2)11-20-12-15-8-16(13-20)10-18(9-15)19(20)17-6-4-3-5-7-17/h3-7,14-16,18-19,21H,8-13H2,1-2H3/t14-,15-,16-,18?,19+,20?/m1/s1. The molecule has 4 bridgehead atoms. The van der Waals surface area contributed by atoms with Gasteiger partial charge in [0.15, 0.2) is 0 Å². The number of hydrogen-bond donors (Lipinski definition) is 1. The first-order valence-corrected chi connectivity index (χ1v) is 8.92. The molecule has 5 rings (SSSR count). The summed E-state index contributed by atoms with van der Waals surface area (Å²) in [5, 5.41) is 3.51. The van der Waals surface area contributed by atoms with Crippen LogP contribution in [0.5, 0.6) is 0 Å². The summed E-state index contributed by atoms with van der Waals surface area (Å²) < 4.78 is 0. The van der Waals surface area contributed by atoms with Gasteiger partial charge in [-0.15, -0.1) is 0 Å². The molecule has 0 aromatic heterocycles. The lowest BCUT2D eigenvalue weighted by atomic mass is 9.43. The van der Waals surface area contributed by atoms with E-state index in [9.17, 15) is 0 Å². The molecule has 0 radical (unpaired) electrons. The van der Waals surface area contributed by atoms with Crippen LogP contribution in [-0.4, -0.2) is 13.1 Å². The fraction of sp³-hybridized carbons (Fsp3) is 0.700. The second-order valence-electron chi connectivity index (χ2n) is 8.25. The molecule has 1 nitrogen and oxygen atoms in total. The zero-order valence-corrected chi connectivity index (χ0v) is 13.5. The van der Waals surface area contributed by atoms with Crippen LogP contribution in [0.3, 0.4) is 0 Å². The van der Waals surface area contributed by atoms with Crippen LogP contribution in [0.2, 0.25) is 0 Å². The first kappa shape index (κ1) is 13.8. The zero-order valence-electron chi connectivity index (χ0n) is 13.5. The smallest absolute Gasteiger partial charge is 0.00412 e. The molecule has 1 aromatic carbocycles. The van der Waals surface area contributed by atoms with Gasteiger partial charge < -0.3 is 5.32 Å². The van der Waals surface area contributed by atoms with Gasteiger partial charge >= 0.3 is 0 Å². The van der Waals surface area contributed by atoms with E-state index in [0.29, 0.717) is 11.5 Å². The Balaban J connectivity index is 1.72. The van der Waals surface area contributed by atoms with Gasteiger partial charge in [0.05, 0.1) is 0 Å². The highest BCUT2D eigenvalue weighted by Gasteiger charge is 2.57. The third kappa shape index (κ3) is 2.25. The van der Waals surface area contributed by atoms with E-state index in [2.05, 4.69) is 49.6 Å². The summed E-state index contributed by atoms with van der Waals surface area (Å²) in [5.41, 5.74) is 2.21. The Bertz CT molecular complexity index is 480. The van der Waals surface area contributed by atoms with E-state index < -0.39 is 0 Å². The van der Waals surface area contributed by atoms with Crippen LogP contribution in [0.25, 0.3) is 0 Å². The van der Waals surface area contributed by atoms with E-state index in [1.165, 1.54) is 38.5 Å². The van der Waals surface area contributed by atoms with Crippen molar-refractivity contribution in [3.63, 3.8) is 0 Å². The lowest BCUT2D eigenvalue weighted by Crippen LogP contribution is -2.53. The Kier molecular flexibility index (Phi) is 3.37. The molecule has 1 aromatic rings. The van der Waals surface area contributed by atoms with Gasteiger partial charge in [-0.05, 0) is 87.1 Å². The van der Waals surface area contributed by atoms with E-state index in [1.54, 1.807) is 5.56 Å². The van der Waals surface area contributed by atoms with Gasteiger partial charge in [0.1, 0.15) is 0 Å². The maximum Gasteiger partial charge on any atom is 0.00412 e. The van der Waals surface area contributed by atoms with Crippen LogP contribution in [-0.2, 0) is 0 Å². The molecule has 1 heteroatoms. The Hall–Kier alpha value is -0.820. The summed E-state index contributed by atoms with van der Waals surface area (Å²) in [6.07, 6.45) is 8.90. The Morgan fingerprint density at radius 3 is 2.38 bits per heavy atom. The highest BCUT2D eigenvalue weighted by Crippen LogP contribution is 2.67. The molecule has 114 valence electrons. The first-order chi connectivity index (χ1) is 10.2. The topological polar surface area (TPSA) is 12.0 Å². The van der Waals surface area contributed by atoms with Crippen molar-refractivity contribution in [2.75, 3.05) is 7.05 Å². The van der Waals surface area contributed by atoms with Crippen LogP contribution < -0.4 is 5.32 Å². The molecule has 0 unspecified atom stereocenters. The van der Waals surface area contributed by atoms with E-state index in [0.717, 1.165) is 23.7 Å². The highest BCUT2D eigenvalue weighted by molar-refractivity contribution is 5.27. The maximum absolute atomic E-state index is 3.51. The predicted molar refractivity (Wildman–Crippen MR) is 88.3 cm³/mol. The third-order valence-electron chi connectivity index (χ3n) is 6.82. The normalized spacial score (nSPS) is 42.2. The van der Waals surface area contributed by atoms with Gasteiger partial charge in [0.25, 0.3) is 0 Å². The SMILES string of the molecule is CN[C@H](C)CC12C[C@H]3CC(C[C@@H](C3)C1)[C@@H]2c1ccccc1. The third-order valence-corrected chi connectivity index (χ3v) is 6.82. The molecule has 21 heavy (non-hydrogen) atoms. The van der Waals surface area contributed by atoms with Crippen molar-refractivity contribution in [3.8, 4) is 0 Å². The number of nitrogens with one attached hydrogen (secondary N) is 1. The summed E-state index contributed by atoms with van der Waals surface area (Å²) in [7, 11) is 2.13. The summed E-state index contributed by atoms with van der Waals surface area (Å²) in [6, 6.07) is 12.1. The molecule has 4 atom stereocenters. The molecule has 0 amide bonds. The lowest BCUT2D eigenvalue weighted by Gasteiger charge is -2.62. The highest BCUT2D eigenvalue weighted by atomic mass is 14.9. The fourth-order valence-electron chi connectivity index (χ4n) is 6.50. The molecular weight excluding hydrogens is 254 g/mol. The largest absolute Gasteiger partial charge is 0.317 e. The monoisotopic (exact) mass is 283 g/mol. The van der Waals surface area contributed by atoms with Gasteiger partial charge in [-0.1, -0.05) is 30.3 Å². The van der Waals surface area contributed by atoms with Crippen LogP contribution in [0.1, 0.15) is 56.9 Å². The quantitative estimate of drug-likeness (QED) is 0.852. The first-order valence-electron chi connectivity index (χ1n) is 8.92. The van der Waals surface area contributed by atoms with Gasteiger partial charge in [0, 0.05) is 6.04 Å². The van der Waals surface area contributed by atoms with E-state index >= 15 is 0 Å². The van der Waals surface area contributed by atoms with Crippen molar-refractivity contribution < 1.29 is 0 Å². The van der Waals surface area contributed by atoms with Crippen molar-refractivity contribution in [3.05, 3.63) is 35.9 Å². The van der Waals surface area contributed by atoms with Gasteiger partial charge in [-0.3, -0.25) is 0 Å². The molecule has 4 saturated carbocycles. The number of benzene rings is 1. The lowest BCUT2D eigenvalue weighted by molar-refractivity contribution is -0.0835. The minimum atomic E-state index is 0.582. The molecule has 0 spiro atoms. The van der Waals surface area contributed by atoms with Crippen molar-refractivity contribution in [1.29, 1.82) is 0 Å². The minimum absolute atomic E-state index is 0.582. The van der Waals surface area contributed by atoms with Crippen molar-refractivity contribution in [1.82, 2.24) is 5.32 Å². The molecule has 0 saturated heterocycles. The molecule has 4 fully saturated rings. The summed E-state index contributed by atoms with van der Waals surface area (Å²) >= 11 is 0. The zero-order chi connectivity index (χ0) is 14.4. The molecule has 4 aliphatic rings. The second kappa shape index (κ2) is 5.12. The van der Waals surface area contributed by atoms with E-state index in [-0.39, 0.29) is 0 Å². The Morgan fingerprint density at radius 1 is 1.10 bits per heavy atom.